The van der Waals surface area contributed by atoms with Crippen LogP contribution < -0.4 is 4.90 Å². The van der Waals surface area contributed by atoms with Gasteiger partial charge in [-0.2, -0.15) is 5.26 Å². The topological polar surface area (TPSA) is 44.1 Å². The molecule has 1 aromatic rings. The molecule has 0 fully saturated rings. The van der Waals surface area contributed by atoms with Gasteiger partial charge in [-0.3, -0.25) is 4.79 Å². The van der Waals surface area contributed by atoms with E-state index in [9.17, 15) is 10.1 Å². The van der Waals surface area contributed by atoms with E-state index in [1.807, 2.05) is 18.7 Å². The van der Waals surface area contributed by atoms with Crippen LogP contribution in [0.25, 0.3) is 0 Å². The lowest BCUT2D eigenvalue weighted by Gasteiger charge is -2.31. The Morgan fingerprint density at radius 2 is 1.70 bits per heavy atom. The molecule has 0 saturated carbocycles. The number of nitrogens with zero attached hydrogens (tertiary/aromatic N) is 2. The summed E-state index contributed by atoms with van der Waals surface area (Å²) in [6.45, 7) is 11.3. The second-order valence-electron chi connectivity index (χ2n) is 10.3. The van der Waals surface area contributed by atoms with E-state index in [1.54, 1.807) is 0 Å². The highest BCUT2D eigenvalue weighted by Crippen LogP contribution is 2.47. The van der Waals surface area contributed by atoms with Crippen LogP contribution in [0.3, 0.4) is 0 Å². The Morgan fingerprint density at radius 1 is 1.10 bits per heavy atom. The molecule has 1 aliphatic rings. The van der Waals surface area contributed by atoms with Crippen LogP contribution in [0.5, 0.6) is 0 Å². The first-order valence-corrected chi connectivity index (χ1v) is 12.1. The first kappa shape index (κ1) is 24.4. The molecule has 1 heterocycles. The van der Waals surface area contributed by atoms with Gasteiger partial charge in [0, 0.05) is 24.1 Å². The van der Waals surface area contributed by atoms with Gasteiger partial charge in [-0.15, -0.1) is 0 Å². The van der Waals surface area contributed by atoms with Gasteiger partial charge in [0.1, 0.15) is 0 Å². The molecule has 0 spiro atoms. The minimum atomic E-state index is -0.411. The van der Waals surface area contributed by atoms with Crippen molar-refractivity contribution >= 4 is 11.6 Å². The third kappa shape index (κ3) is 6.59. The number of fused-ring (bicyclic) bond motifs is 1. The van der Waals surface area contributed by atoms with Gasteiger partial charge >= 0.3 is 0 Å². The highest BCUT2D eigenvalue weighted by atomic mass is 16.2. The van der Waals surface area contributed by atoms with Crippen LogP contribution >= 0.6 is 0 Å². The van der Waals surface area contributed by atoms with Crippen LogP contribution in [-0.4, -0.2) is 12.5 Å². The minimum absolute atomic E-state index is 0.172. The molecule has 0 bridgehead atoms. The zero-order valence-electron chi connectivity index (χ0n) is 20.0. The number of hydrogen-bond donors (Lipinski definition) is 0. The molecule has 30 heavy (non-hydrogen) atoms. The molecule has 0 N–H and O–H groups in total. The molecule has 1 aliphatic heterocycles. The van der Waals surface area contributed by atoms with E-state index >= 15 is 0 Å². The van der Waals surface area contributed by atoms with Crippen molar-refractivity contribution in [2.75, 3.05) is 11.4 Å². The summed E-state index contributed by atoms with van der Waals surface area (Å²) in [6, 6.07) is 8.86. The SMILES string of the molecule is CCCCCCCCCCCC(=O)N1CC(C)(CC(C)(C)C#N)c2cc(C)ccc21. The van der Waals surface area contributed by atoms with Gasteiger partial charge in [-0.1, -0.05) is 82.9 Å². The van der Waals surface area contributed by atoms with Crippen molar-refractivity contribution in [3.63, 3.8) is 0 Å². The van der Waals surface area contributed by atoms with E-state index in [2.05, 4.69) is 45.0 Å². The molecule has 1 amide bonds. The van der Waals surface area contributed by atoms with E-state index in [4.69, 9.17) is 0 Å². The summed E-state index contributed by atoms with van der Waals surface area (Å²) in [5.74, 6) is 0.238. The number of carbonyl (C=O) groups excluding carboxylic acids is 1. The number of amides is 1. The molecule has 0 aliphatic carbocycles. The van der Waals surface area contributed by atoms with Crippen molar-refractivity contribution in [1.82, 2.24) is 0 Å². The van der Waals surface area contributed by atoms with Crippen molar-refractivity contribution in [3.8, 4) is 6.07 Å². The summed E-state index contributed by atoms with van der Waals surface area (Å²) in [4.78, 5) is 15.1. The third-order valence-electron chi connectivity index (χ3n) is 6.53. The Balaban J connectivity index is 1.92. The number of hydrogen-bond acceptors (Lipinski definition) is 2. The maximum Gasteiger partial charge on any atom is 0.227 e. The molecule has 1 aromatic carbocycles. The minimum Gasteiger partial charge on any atom is -0.311 e. The summed E-state index contributed by atoms with van der Waals surface area (Å²) in [5.41, 5.74) is 2.91. The average Bonchev–Trinajstić information content (AvgIpc) is 2.98. The predicted molar refractivity (Wildman–Crippen MR) is 127 cm³/mol. The summed E-state index contributed by atoms with van der Waals surface area (Å²) >= 11 is 0. The maximum atomic E-state index is 13.1. The summed E-state index contributed by atoms with van der Waals surface area (Å²) < 4.78 is 0. The van der Waals surface area contributed by atoms with E-state index in [-0.39, 0.29) is 11.3 Å². The fourth-order valence-electron chi connectivity index (χ4n) is 5.00. The lowest BCUT2D eigenvalue weighted by molar-refractivity contribution is -0.118. The van der Waals surface area contributed by atoms with Crippen molar-refractivity contribution in [3.05, 3.63) is 29.3 Å². The second kappa shape index (κ2) is 11.0. The van der Waals surface area contributed by atoms with Gasteiger partial charge in [0.2, 0.25) is 5.91 Å². The van der Waals surface area contributed by atoms with Gasteiger partial charge < -0.3 is 4.90 Å². The van der Waals surface area contributed by atoms with Crippen molar-refractivity contribution in [2.24, 2.45) is 5.41 Å². The van der Waals surface area contributed by atoms with Gasteiger partial charge in [0.05, 0.1) is 11.5 Å². The second-order valence-corrected chi connectivity index (χ2v) is 10.3. The lowest BCUT2D eigenvalue weighted by Crippen LogP contribution is -2.37. The van der Waals surface area contributed by atoms with Gasteiger partial charge in [-0.05, 0) is 45.2 Å². The third-order valence-corrected chi connectivity index (χ3v) is 6.53. The number of unbranched alkanes of at least 4 members (excludes halogenated alkanes) is 8. The summed E-state index contributed by atoms with van der Waals surface area (Å²) in [6.07, 6.45) is 12.8. The van der Waals surface area contributed by atoms with Gasteiger partial charge in [0.15, 0.2) is 0 Å². The van der Waals surface area contributed by atoms with E-state index in [0.29, 0.717) is 13.0 Å². The van der Waals surface area contributed by atoms with Crippen LogP contribution in [0.2, 0.25) is 0 Å². The Hall–Kier alpha value is -1.82. The highest BCUT2D eigenvalue weighted by Gasteiger charge is 2.44. The number of aryl methyl sites for hydroxylation is 1. The van der Waals surface area contributed by atoms with Crippen molar-refractivity contribution < 1.29 is 4.79 Å². The van der Waals surface area contributed by atoms with E-state index < -0.39 is 5.41 Å². The number of benzene rings is 1. The Labute approximate surface area is 184 Å². The highest BCUT2D eigenvalue weighted by molar-refractivity contribution is 5.96. The fraction of sp³-hybridized carbons (Fsp3) is 0.704. The van der Waals surface area contributed by atoms with Crippen LogP contribution in [0, 0.1) is 23.7 Å². The summed E-state index contributed by atoms with van der Waals surface area (Å²) in [5, 5.41) is 9.56. The largest absolute Gasteiger partial charge is 0.311 e. The van der Waals surface area contributed by atoms with Crippen molar-refractivity contribution in [1.29, 1.82) is 5.26 Å². The molecular formula is C27H42N2O. The molecule has 1 unspecified atom stereocenters. The van der Waals surface area contributed by atoms with Crippen LogP contribution in [0.4, 0.5) is 5.69 Å². The molecule has 0 saturated heterocycles. The first-order valence-electron chi connectivity index (χ1n) is 12.1. The summed E-state index contributed by atoms with van der Waals surface area (Å²) in [7, 11) is 0. The van der Waals surface area contributed by atoms with E-state index in [1.165, 1.54) is 56.1 Å². The van der Waals surface area contributed by atoms with Crippen LogP contribution in [0.1, 0.15) is 109 Å². The first-order chi connectivity index (χ1) is 14.2. The average molecular weight is 411 g/mol. The molecule has 0 radical (unpaired) electrons. The molecule has 2 rings (SSSR count). The number of rotatable bonds is 12. The Kier molecular flexibility index (Phi) is 8.95. The normalized spacial score (nSPS) is 18.3. The standard InChI is InChI=1S/C27H42N2O/c1-6-7-8-9-10-11-12-13-14-15-25(30)29-21-27(5,19-26(3,4)20-28)23-18-22(2)16-17-24(23)29/h16-18H,6-15,19,21H2,1-5H3. The number of carbonyl (C=O) groups is 1. The fourth-order valence-corrected chi connectivity index (χ4v) is 5.00. The Morgan fingerprint density at radius 3 is 2.30 bits per heavy atom. The van der Waals surface area contributed by atoms with Crippen molar-refractivity contribution in [2.45, 2.75) is 111 Å². The molecular weight excluding hydrogens is 368 g/mol. The van der Waals surface area contributed by atoms with Crippen LogP contribution in [0.15, 0.2) is 18.2 Å². The zero-order valence-corrected chi connectivity index (χ0v) is 20.0. The lowest BCUT2D eigenvalue weighted by atomic mass is 9.71. The Bertz CT molecular complexity index is 746. The van der Waals surface area contributed by atoms with Gasteiger partial charge in [-0.25, -0.2) is 0 Å². The predicted octanol–water partition coefficient (Wildman–Crippen LogP) is 7.46. The van der Waals surface area contributed by atoms with Gasteiger partial charge in [0.25, 0.3) is 0 Å². The monoisotopic (exact) mass is 410 g/mol. The molecule has 3 nitrogen and oxygen atoms in total. The van der Waals surface area contributed by atoms with Crippen LogP contribution in [-0.2, 0) is 10.2 Å². The smallest absolute Gasteiger partial charge is 0.227 e. The molecule has 1 atom stereocenters. The quantitative estimate of drug-likeness (QED) is 0.336. The zero-order chi connectivity index (χ0) is 22.2. The number of anilines is 1. The molecule has 3 heteroatoms. The molecule has 166 valence electrons. The van der Waals surface area contributed by atoms with E-state index in [0.717, 1.165) is 24.9 Å². The molecule has 0 aromatic heterocycles. The maximum absolute atomic E-state index is 13.1. The number of nitriles is 1.